The highest BCUT2D eigenvalue weighted by molar-refractivity contribution is 5.96. The van der Waals surface area contributed by atoms with Gasteiger partial charge in [0.15, 0.2) is 0 Å². The van der Waals surface area contributed by atoms with Crippen LogP contribution >= 0.6 is 12.4 Å². The Bertz CT molecular complexity index is 640. The predicted molar refractivity (Wildman–Crippen MR) is 80.8 cm³/mol. The van der Waals surface area contributed by atoms with Crippen LogP contribution in [0.15, 0.2) is 48.5 Å². The SMILES string of the molecule is COC(=O)c1ccccc1OC(=O)c1ccc(N)cc1.Cl. The molecule has 0 saturated heterocycles. The molecule has 2 rings (SSSR count). The van der Waals surface area contributed by atoms with Gasteiger partial charge in [-0.15, -0.1) is 12.4 Å². The Hall–Kier alpha value is -2.53. The molecule has 5 nitrogen and oxygen atoms in total. The number of carbonyl (C=O) groups excluding carboxylic acids is 2. The standard InChI is InChI=1S/C15H13NO4.ClH/c1-19-15(18)12-4-2-3-5-13(12)20-14(17)10-6-8-11(16)9-7-10;/h2-9H,16H2,1H3;1H. The van der Waals surface area contributed by atoms with Gasteiger partial charge in [0.25, 0.3) is 0 Å². The van der Waals surface area contributed by atoms with Crippen LogP contribution in [0.25, 0.3) is 0 Å². The maximum atomic E-state index is 12.0. The molecule has 2 aromatic rings. The molecule has 110 valence electrons. The lowest BCUT2D eigenvalue weighted by atomic mass is 10.2. The number of benzene rings is 2. The fourth-order valence-electron chi connectivity index (χ4n) is 1.61. The van der Waals surface area contributed by atoms with Crippen LogP contribution in [0.5, 0.6) is 5.75 Å². The highest BCUT2D eigenvalue weighted by atomic mass is 35.5. The third-order valence-corrected chi connectivity index (χ3v) is 2.64. The summed E-state index contributed by atoms with van der Waals surface area (Å²) in [5.41, 5.74) is 6.64. The van der Waals surface area contributed by atoms with Gasteiger partial charge in [-0.25, -0.2) is 9.59 Å². The van der Waals surface area contributed by atoms with Crippen molar-refractivity contribution in [2.24, 2.45) is 0 Å². The predicted octanol–water partition coefficient (Wildman–Crippen LogP) is 2.70. The van der Waals surface area contributed by atoms with Crippen LogP contribution in [0.4, 0.5) is 5.69 Å². The van der Waals surface area contributed by atoms with Crippen molar-refractivity contribution in [3.05, 3.63) is 59.7 Å². The lowest BCUT2D eigenvalue weighted by Crippen LogP contribution is -2.12. The molecule has 0 atom stereocenters. The summed E-state index contributed by atoms with van der Waals surface area (Å²) in [7, 11) is 1.26. The second-order valence-corrected chi connectivity index (χ2v) is 4.00. The number of hydrogen-bond acceptors (Lipinski definition) is 5. The van der Waals surface area contributed by atoms with Crippen LogP contribution in [-0.2, 0) is 4.74 Å². The first-order valence-corrected chi connectivity index (χ1v) is 5.87. The highest BCUT2D eigenvalue weighted by Crippen LogP contribution is 2.20. The Morgan fingerprint density at radius 1 is 0.952 bits per heavy atom. The molecule has 0 amide bonds. The monoisotopic (exact) mass is 307 g/mol. The van der Waals surface area contributed by atoms with E-state index in [0.717, 1.165) is 0 Å². The molecule has 0 radical (unpaired) electrons. The lowest BCUT2D eigenvalue weighted by Gasteiger charge is -2.08. The Balaban J connectivity index is 0.00000220. The van der Waals surface area contributed by atoms with Crippen molar-refractivity contribution >= 4 is 30.0 Å². The summed E-state index contributed by atoms with van der Waals surface area (Å²) in [5, 5.41) is 0. The molecule has 0 bridgehead atoms. The average molecular weight is 308 g/mol. The number of esters is 2. The number of rotatable bonds is 3. The van der Waals surface area contributed by atoms with Crippen molar-refractivity contribution in [1.29, 1.82) is 0 Å². The number of nitrogen functional groups attached to an aromatic ring is 1. The largest absolute Gasteiger partial charge is 0.465 e. The van der Waals surface area contributed by atoms with Gasteiger partial charge in [0.05, 0.1) is 12.7 Å². The van der Waals surface area contributed by atoms with Gasteiger partial charge in [0.2, 0.25) is 0 Å². The molecule has 2 aromatic carbocycles. The Morgan fingerprint density at radius 2 is 1.57 bits per heavy atom. The third kappa shape index (κ3) is 3.97. The second kappa shape index (κ2) is 7.31. The van der Waals surface area contributed by atoms with Gasteiger partial charge < -0.3 is 15.2 Å². The first-order valence-electron chi connectivity index (χ1n) is 5.87. The van der Waals surface area contributed by atoms with E-state index in [1.54, 1.807) is 36.4 Å². The molecule has 0 aliphatic rings. The van der Waals surface area contributed by atoms with E-state index >= 15 is 0 Å². The number of anilines is 1. The molecule has 6 heteroatoms. The Kier molecular flexibility index (Phi) is 5.75. The van der Waals surface area contributed by atoms with Crippen LogP contribution in [0.3, 0.4) is 0 Å². The Morgan fingerprint density at radius 3 is 2.19 bits per heavy atom. The summed E-state index contributed by atoms with van der Waals surface area (Å²) in [4.78, 5) is 23.5. The third-order valence-electron chi connectivity index (χ3n) is 2.64. The van der Waals surface area contributed by atoms with Gasteiger partial charge in [-0.2, -0.15) is 0 Å². The molecule has 0 aromatic heterocycles. The van der Waals surface area contributed by atoms with Gasteiger partial charge in [-0.05, 0) is 36.4 Å². The molecule has 21 heavy (non-hydrogen) atoms. The first kappa shape index (κ1) is 16.5. The van der Waals surface area contributed by atoms with Crippen LogP contribution in [0.2, 0.25) is 0 Å². The molecule has 0 fully saturated rings. The summed E-state index contributed by atoms with van der Waals surface area (Å²) >= 11 is 0. The van der Waals surface area contributed by atoms with Gasteiger partial charge >= 0.3 is 11.9 Å². The van der Waals surface area contributed by atoms with Crippen molar-refractivity contribution < 1.29 is 19.1 Å². The lowest BCUT2D eigenvalue weighted by molar-refractivity contribution is 0.0593. The summed E-state index contributed by atoms with van der Waals surface area (Å²) in [6.07, 6.45) is 0. The topological polar surface area (TPSA) is 78.6 Å². The number of para-hydroxylation sites is 1. The summed E-state index contributed by atoms with van der Waals surface area (Å²) < 4.78 is 9.85. The Labute approximate surface area is 128 Å². The number of methoxy groups -OCH3 is 1. The maximum absolute atomic E-state index is 12.0. The fraction of sp³-hybridized carbons (Fsp3) is 0.0667. The molecule has 0 saturated carbocycles. The molecule has 0 aliphatic heterocycles. The summed E-state index contributed by atoms with van der Waals surface area (Å²) in [6, 6.07) is 12.7. The number of ether oxygens (including phenoxy) is 2. The molecule has 0 spiro atoms. The zero-order valence-corrected chi connectivity index (χ0v) is 12.1. The van der Waals surface area contributed by atoms with Crippen molar-refractivity contribution in [3.8, 4) is 5.75 Å². The van der Waals surface area contributed by atoms with E-state index in [-0.39, 0.29) is 23.7 Å². The minimum Gasteiger partial charge on any atom is -0.465 e. The number of nitrogens with two attached hydrogens (primary N) is 1. The quantitative estimate of drug-likeness (QED) is 0.536. The van der Waals surface area contributed by atoms with Crippen LogP contribution in [0.1, 0.15) is 20.7 Å². The first-order chi connectivity index (χ1) is 9.61. The molecule has 0 heterocycles. The summed E-state index contributed by atoms with van der Waals surface area (Å²) in [6.45, 7) is 0. The zero-order chi connectivity index (χ0) is 14.5. The van der Waals surface area contributed by atoms with Gasteiger partial charge in [-0.3, -0.25) is 0 Å². The van der Waals surface area contributed by atoms with Crippen molar-refractivity contribution in [2.45, 2.75) is 0 Å². The molecule has 2 N–H and O–H groups in total. The molecular weight excluding hydrogens is 294 g/mol. The van der Waals surface area contributed by atoms with E-state index in [9.17, 15) is 9.59 Å². The summed E-state index contributed by atoms with van der Waals surface area (Å²) in [5.74, 6) is -0.978. The van der Waals surface area contributed by atoms with Crippen LogP contribution in [-0.4, -0.2) is 19.0 Å². The minimum absolute atomic E-state index is 0. The van der Waals surface area contributed by atoms with E-state index in [4.69, 9.17) is 10.5 Å². The number of carbonyl (C=O) groups is 2. The highest BCUT2D eigenvalue weighted by Gasteiger charge is 2.16. The normalized spacial score (nSPS) is 9.38. The minimum atomic E-state index is -0.568. The fourth-order valence-corrected chi connectivity index (χ4v) is 1.61. The van der Waals surface area contributed by atoms with E-state index < -0.39 is 11.9 Å². The van der Waals surface area contributed by atoms with E-state index in [1.807, 2.05) is 0 Å². The smallest absolute Gasteiger partial charge is 0.343 e. The molecule has 0 unspecified atom stereocenters. The number of hydrogen-bond donors (Lipinski definition) is 1. The maximum Gasteiger partial charge on any atom is 0.343 e. The van der Waals surface area contributed by atoms with Crippen LogP contribution in [0, 0.1) is 0 Å². The van der Waals surface area contributed by atoms with Crippen molar-refractivity contribution in [1.82, 2.24) is 0 Å². The van der Waals surface area contributed by atoms with Gasteiger partial charge in [0.1, 0.15) is 11.3 Å². The average Bonchev–Trinajstić information content (AvgIpc) is 2.47. The second-order valence-electron chi connectivity index (χ2n) is 4.00. The van der Waals surface area contributed by atoms with Crippen LogP contribution < -0.4 is 10.5 Å². The van der Waals surface area contributed by atoms with E-state index in [0.29, 0.717) is 11.3 Å². The molecular formula is C15H14ClNO4. The van der Waals surface area contributed by atoms with E-state index in [2.05, 4.69) is 4.74 Å². The van der Waals surface area contributed by atoms with Gasteiger partial charge in [0, 0.05) is 5.69 Å². The van der Waals surface area contributed by atoms with E-state index in [1.165, 1.54) is 19.2 Å². The van der Waals surface area contributed by atoms with Gasteiger partial charge in [-0.1, -0.05) is 12.1 Å². The van der Waals surface area contributed by atoms with Crippen molar-refractivity contribution in [3.63, 3.8) is 0 Å². The molecule has 0 aliphatic carbocycles. The van der Waals surface area contributed by atoms with Crippen molar-refractivity contribution in [2.75, 3.05) is 12.8 Å². The zero-order valence-electron chi connectivity index (χ0n) is 11.2. The number of halogens is 1.